The van der Waals surface area contributed by atoms with Crippen LogP contribution in [0.1, 0.15) is 12.5 Å². The molecule has 1 aromatic heterocycles. The summed E-state index contributed by atoms with van der Waals surface area (Å²) in [7, 11) is 0. The molecule has 0 bridgehead atoms. The Kier molecular flexibility index (Phi) is 4.97. The number of hydrogen-bond donors (Lipinski definition) is 1. The third-order valence-corrected chi connectivity index (χ3v) is 3.90. The van der Waals surface area contributed by atoms with E-state index in [1.807, 2.05) is 32.0 Å². The second-order valence-corrected chi connectivity index (χ2v) is 5.78. The summed E-state index contributed by atoms with van der Waals surface area (Å²) in [6.07, 6.45) is 0. The Morgan fingerprint density at radius 1 is 1.27 bits per heavy atom. The molecule has 2 aromatic carbocycles. The predicted molar refractivity (Wildman–Crippen MR) is 95.4 cm³/mol. The molecule has 0 aliphatic heterocycles. The highest BCUT2D eigenvalue weighted by Crippen LogP contribution is 2.39. The average molecular weight is 355 g/mol. The van der Waals surface area contributed by atoms with Crippen molar-refractivity contribution in [3.63, 3.8) is 0 Å². The second-order valence-electron chi connectivity index (χ2n) is 5.78. The molecule has 6 nitrogen and oxygen atoms in total. The van der Waals surface area contributed by atoms with Crippen LogP contribution in [0.5, 0.6) is 11.6 Å². The number of aromatic nitrogens is 1. The molecular weight excluding hydrogens is 337 g/mol. The van der Waals surface area contributed by atoms with Gasteiger partial charge in [0.15, 0.2) is 12.3 Å². The zero-order valence-electron chi connectivity index (χ0n) is 14.4. The number of amides is 1. The van der Waals surface area contributed by atoms with E-state index in [0.29, 0.717) is 11.9 Å². The zero-order valence-corrected chi connectivity index (χ0v) is 14.4. The van der Waals surface area contributed by atoms with Crippen LogP contribution in [0.15, 0.2) is 52.7 Å². The third-order valence-electron chi connectivity index (χ3n) is 3.90. The lowest BCUT2D eigenvalue weighted by Crippen LogP contribution is -2.07. The monoisotopic (exact) mass is 355 g/mol. The summed E-state index contributed by atoms with van der Waals surface area (Å²) in [5.41, 5.74) is 2.06. The molecule has 0 saturated heterocycles. The third kappa shape index (κ3) is 3.56. The van der Waals surface area contributed by atoms with Gasteiger partial charge in [-0.05, 0) is 38.1 Å². The van der Waals surface area contributed by atoms with Crippen LogP contribution in [-0.4, -0.2) is 22.2 Å². The van der Waals surface area contributed by atoms with Gasteiger partial charge in [-0.25, -0.2) is 4.39 Å². The molecule has 134 valence electrons. The number of hydrogen-bond acceptors (Lipinski definition) is 4. The molecular formula is C19H18FN3O3. The Labute approximate surface area is 149 Å². The summed E-state index contributed by atoms with van der Waals surface area (Å²) in [4.78, 5) is 11.9. The summed E-state index contributed by atoms with van der Waals surface area (Å²) in [5, 5.41) is 18.6. The Morgan fingerprint density at radius 2 is 2.08 bits per heavy atom. The van der Waals surface area contributed by atoms with Crippen LogP contribution in [-0.2, 0) is 11.3 Å². The van der Waals surface area contributed by atoms with E-state index in [4.69, 9.17) is 4.74 Å². The van der Waals surface area contributed by atoms with Crippen LogP contribution < -0.4 is 4.74 Å². The number of aryl methyl sites for hydroxylation is 2. The molecule has 3 rings (SSSR count). The molecule has 0 radical (unpaired) electrons. The minimum Gasteiger partial charge on any atom is -0.493 e. The van der Waals surface area contributed by atoms with E-state index < -0.39 is 11.7 Å². The Balaban J connectivity index is 1.80. The van der Waals surface area contributed by atoms with Gasteiger partial charge in [0.1, 0.15) is 11.6 Å². The number of ether oxygens (including phenoxy) is 1. The van der Waals surface area contributed by atoms with Gasteiger partial charge in [0.25, 0.3) is 0 Å². The Morgan fingerprint density at radius 3 is 2.81 bits per heavy atom. The van der Waals surface area contributed by atoms with Gasteiger partial charge >= 0.3 is 5.91 Å². The molecule has 7 heteroatoms. The number of carbonyl (C=O) groups excluding carboxylic acids is 1. The van der Waals surface area contributed by atoms with Crippen molar-refractivity contribution >= 4 is 22.5 Å². The molecule has 1 N–H and O–H groups in total. The Bertz CT molecular complexity index is 995. The van der Waals surface area contributed by atoms with Crippen LogP contribution >= 0.6 is 0 Å². The number of halogens is 1. The van der Waals surface area contributed by atoms with E-state index in [0.717, 1.165) is 11.1 Å². The molecule has 0 saturated carbocycles. The van der Waals surface area contributed by atoms with E-state index in [1.54, 1.807) is 4.57 Å². The molecule has 0 unspecified atom stereocenters. The summed E-state index contributed by atoms with van der Waals surface area (Å²) in [5.74, 6) is -0.909. The first-order valence-electron chi connectivity index (χ1n) is 8.14. The van der Waals surface area contributed by atoms with Gasteiger partial charge in [-0.2, -0.15) is 0 Å². The van der Waals surface area contributed by atoms with Crippen molar-refractivity contribution in [2.75, 3.05) is 6.61 Å². The van der Waals surface area contributed by atoms with Gasteiger partial charge in [-0.15, -0.1) is 10.2 Å². The number of benzene rings is 2. The summed E-state index contributed by atoms with van der Waals surface area (Å²) >= 11 is 0. The van der Waals surface area contributed by atoms with Gasteiger partial charge in [-0.1, -0.05) is 17.7 Å². The highest BCUT2D eigenvalue weighted by Gasteiger charge is 2.16. The molecule has 0 aliphatic rings. The number of fused-ring (bicyclic) bond motifs is 1. The van der Waals surface area contributed by atoms with Gasteiger partial charge in [0, 0.05) is 18.0 Å². The smallest absolute Gasteiger partial charge is 0.302 e. The topological polar surface area (TPSA) is 76.2 Å². The normalized spacial score (nSPS) is 11.3. The average Bonchev–Trinajstić information content (AvgIpc) is 2.88. The molecule has 26 heavy (non-hydrogen) atoms. The summed E-state index contributed by atoms with van der Waals surface area (Å²) < 4.78 is 20.0. The number of nitrogens with zero attached hydrogens (tertiary/aromatic N) is 3. The second kappa shape index (κ2) is 7.35. The lowest BCUT2D eigenvalue weighted by molar-refractivity contribution is -0.120. The van der Waals surface area contributed by atoms with Gasteiger partial charge in [-0.3, -0.25) is 4.79 Å². The maximum atomic E-state index is 13.1. The summed E-state index contributed by atoms with van der Waals surface area (Å²) in [6.45, 7) is 4.01. The van der Waals surface area contributed by atoms with Crippen molar-refractivity contribution in [1.82, 2.24) is 4.57 Å². The first kappa shape index (κ1) is 17.6. The molecule has 3 aromatic rings. The van der Waals surface area contributed by atoms with Crippen molar-refractivity contribution in [1.29, 1.82) is 0 Å². The first-order valence-corrected chi connectivity index (χ1v) is 8.14. The number of aromatic hydroxyl groups is 1. The number of rotatable bonds is 5. The van der Waals surface area contributed by atoms with Gasteiger partial charge < -0.3 is 14.4 Å². The van der Waals surface area contributed by atoms with Crippen molar-refractivity contribution in [2.45, 2.75) is 20.4 Å². The van der Waals surface area contributed by atoms with Crippen molar-refractivity contribution in [2.24, 2.45) is 10.2 Å². The number of azo groups is 1. The van der Waals surface area contributed by atoms with E-state index >= 15 is 0 Å². The molecule has 0 atom stereocenters. The molecule has 0 aliphatic carbocycles. The molecule has 0 fully saturated rings. The van der Waals surface area contributed by atoms with Crippen LogP contribution in [0.2, 0.25) is 0 Å². The van der Waals surface area contributed by atoms with Crippen molar-refractivity contribution in [3.05, 3.63) is 53.8 Å². The highest BCUT2D eigenvalue weighted by molar-refractivity contribution is 5.95. The summed E-state index contributed by atoms with van der Waals surface area (Å²) in [6, 6.07) is 11.2. The minimum atomic E-state index is -0.640. The maximum Gasteiger partial charge on any atom is 0.302 e. The molecule has 1 heterocycles. The number of carbonyl (C=O) groups is 1. The van der Waals surface area contributed by atoms with Crippen LogP contribution in [0, 0.1) is 12.7 Å². The van der Waals surface area contributed by atoms with Gasteiger partial charge in [0.2, 0.25) is 5.88 Å². The SMILES string of the molecule is CCn1c(O)c(N=NC(=O)COc2cccc(F)c2)c2cc(C)ccc21. The molecule has 0 spiro atoms. The van der Waals surface area contributed by atoms with E-state index in [2.05, 4.69) is 10.2 Å². The van der Waals surface area contributed by atoms with E-state index in [9.17, 15) is 14.3 Å². The van der Waals surface area contributed by atoms with Crippen LogP contribution in [0.25, 0.3) is 10.9 Å². The van der Waals surface area contributed by atoms with E-state index in [-0.39, 0.29) is 23.9 Å². The fourth-order valence-electron chi connectivity index (χ4n) is 2.69. The first-order chi connectivity index (χ1) is 12.5. The highest BCUT2D eigenvalue weighted by atomic mass is 19.1. The Hall–Kier alpha value is -3.22. The fraction of sp³-hybridized carbons (Fsp3) is 0.211. The van der Waals surface area contributed by atoms with Crippen molar-refractivity contribution < 1.29 is 19.0 Å². The minimum absolute atomic E-state index is 0.0456. The quantitative estimate of drug-likeness (QED) is 0.685. The van der Waals surface area contributed by atoms with Crippen molar-refractivity contribution in [3.8, 4) is 11.6 Å². The maximum absolute atomic E-state index is 13.1. The van der Waals surface area contributed by atoms with Crippen LogP contribution in [0.3, 0.4) is 0 Å². The lowest BCUT2D eigenvalue weighted by Gasteiger charge is -2.02. The predicted octanol–water partition coefficient (Wildman–Crippen LogP) is 4.50. The van der Waals surface area contributed by atoms with Crippen LogP contribution in [0.4, 0.5) is 10.1 Å². The van der Waals surface area contributed by atoms with E-state index in [1.165, 1.54) is 24.3 Å². The largest absolute Gasteiger partial charge is 0.493 e. The lowest BCUT2D eigenvalue weighted by atomic mass is 10.1. The molecule has 1 amide bonds. The van der Waals surface area contributed by atoms with Gasteiger partial charge in [0.05, 0.1) is 5.52 Å². The standard InChI is InChI=1S/C19H18FN3O3/c1-3-23-16-8-7-12(2)9-15(16)18(19(23)25)22-21-17(24)11-26-14-6-4-5-13(20)10-14/h4-10,25H,3,11H2,1-2H3. The fourth-order valence-corrected chi connectivity index (χ4v) is 2.69. The zero-order chi connectivity index (χ0) is 18.7.